The third kappa shape index (κ3) is 4.57. The molecular weight excluding hydrogens is 619 g/mol. The molecule has 0 saturated carbocycles. The zero-order chi connectivity index (χ0) is 34.1. The van der Waals surface area contributed by atoms with Gasteiger partial charge in [-0.15, -0.1) is 0 Å². The maximum Gasteiger partial charge on any atom is 0.136 e. The molecule has 0 radical (unpaired) electrons. The average molecular weight is 654 g/mol. The van der Waals surface area contributed by atoms with Gasteiger partial charge in [0.05, 0.1) is 5.69 Å². The van der Waals surface area contributed by atoms with Gasteiger partial charge in [-0.3, -0.25) is 0 Å². The Hall–Kier alpha value is -6.38. The lowest BCUT2D eigenvalue weighted by Gasteiger charge is -2.30. The van der Waals surface area contributed by atoms with E-state index in [-0.39, 0.29) is 5.41 Å². The molecule has 1 heterocycles. The van der Waals surface area contributed by atoms with Crippen LogP contribution in [-0.2, 0) is 5.41 Å². The van der Waals surface area contributed by atoms with Crippen LogP contribution >= 0.6 is 0 Å². The largest absolute Gasteiger partial charge is 0.456 e. The summed E-state index contributed by atoms with van der Waals surface area (Å²) in [5, 5.41) is 4.77. The minimum absolute atomic E-state index is 0.118. The van der Waals surface area contributed by atoms with E-state index in [0.717, 1.165) is 50.1 Å². The highest BCUT2D eigenvalue weighted by Gasteiger charge is 2.36. The molecule has 10 rings (SSSR count). The van der Waals surface area contributed by atoms with Crippen molar-refractivity contribution >= 4 is 49.8 Å². The number of nitrogens with zero attached hydrogens (tertiary/aromatic N) is 1. The maximum atomic E-state index is 6.36. The Bertz CT molecular complexity index is 2780. The summed E-state index contributed by atoms with van der Waals surface area (Å²) < 4.78 is 6.36. The van der Waals surface area contributed by atoms with Crippen molar-refractivity contribution < 1.29 is 4.42 Å². The number of fused-ring (bicyclic) bond motifs is 7. The number of furan rings is 1. The van der Waals surface area contributed by atoms with Gasteiger partial charge in [0, 0.05) is 33.1 Å². The third-order valence-corrected chi connectivity index (χ3v) is 10.9. The van der Waals surface area contributed by atoms with Crippen molar-refractivity contribution in [3.05, 3.63) is 187 Å². The molecule has 2 nitrogen and oxygen atoms in total. The molecule has 242 valence electrons. The van der Waals surface area contributed by atoms with Crippen molar-refractivity contribution in [1.82, 2.24) is 0 Å². The first-order valence-corrected chi connectivity index (χ1v) is 17.7. The zero-order valence-corrected chi connectivity index (χ0v) is 28.6. The van der Waals surface area contributed by atoms with Crippen LogP contribution in [0.1, 0.15) is 25.0 Å². The molecule has 51 heavy (non-hydrogen) atoms. The van der Waals surface area contributed by atoms with Crippen molar-refractivity contribution in [2.75, 3.05) is 4.90 Å². The van der Waals surface area contributed by atoms with E-state index >= 15 is 0 Å². The quantitative estimate of drug-likeness (QED) is 0.184. The first kappa shape index (κ1) is 29.5. The predicted octanol–water partition coefficient (Wildman–Crippen LogP) is 13.8. The number of hydrogen-bond donors (Lipinski definition) is 0. The Morgan fingerprint density at radius 3 is 1.92 bits per heavy atom. The lowest BCUT2D eigenvalue weighted by Crippen LogP contribution is -2.16. The second kappa shape index (κ2) is 11.3. The van der Waals surface area contributed by atoms with E-state index in [1.165, 1.54) is 44.2 Å². The fourth-order valence-corrected chi connectivity index (χ4v) is 8.42. The fourth-order valence-electron chi connectivity index (χ4n) is 8.42. The fraction of sp³-hybridized carbons (Fsp3) is 0.0612. The Kier molecular flexibility index (Phi) is 6.56. The van der Waals surface area contributed by atoms with Gasteiger partial charge in [0.2, 0.25) is 0 Å². The van der Waals surface area contributed by atoms with Gasteiger partial charge in [-0.25, -0.2) is 0 Å². The highest BCUT2D eigenvalue weighted by molar-refractivity contribution is 6.14. The Morgan fingerprint density at radius 2 is 1.04 bits per heavy atom. The monoisotopic (exact) mass is 653 g/mol. The summed E-state index contributed by atoms with van der Waals surface area (Å²) in [4.78, 5) is 2.43. The number of anilines is 3. The van der Waals surface area contributed by atoms with Crippen LogP contribution in [0.15, 0.2) is 180 Å². The molecule has 0 unspecified atom stereocenters. The lowest BCUT2D eigenvalue weighted by atomic mass is 9.82. The van der Waals surface area contributed by atoms with E-state index < -0.39 is 0 Å². The van der Waals surface area contributed by atoms with Crippen molar-refractivity contribution in [2.45, 2.75) is 19.3 Å². The summed E-state index contributed by atoms with van der Waals surface area (Å²) in [7, 11) is 0. The molecule has 9 aromatic rings. The minimum atomic E-state index is -0.118. The van der Waals surface area contributed by atoms with Crippen LogP contribution in [0, 0.1) is 0 Å². The van der Waals surface area contributed by atoms with Gasteiger partial charge in [0.15, 0.2) is 0 Å². The maximum absolute atomic E-state index is 6.36. The molecule has 2 heteroatoms. The number of rotatable bonds is 5. The Labute approximate surface area is 297 Å². The van der Waals surface area contributed by atoms with E-state index in [2.05, 4.69) is 189 Å². The van der Waals surface area contributed by atoms with Crippen LogP contribution in [0.25, 0.3) is 66.1 Å². The molecule has 8 aromatic carbocycles. The van der Waals surface area contributed by atoms with Gasteiger partial charge >= 0.3 is 0 Å². The molecular formula is C49H35NO. The topological polar surface area (TPSA) is 16.4 Å². The van der Waals surface area contributed by atoms with Gasteiger partial charge in [0.1, 0.15) is 11.2 Å². The van der Waals surface area contributed by atoms with E-state index in [4.69, 9.17) is 4.42 Å². The molecule has 0 saturated heterocycles. The standard InChI is InChI=1S/C49H35NO/c1-49(2)43-21-8-5-16-38(43)39-30-29-35(31-44(39)49)50(34-27-25-33(26-28-34)37-19-11-14-32-13-3-4-15-36(32)37)45-22-9-6-17-40(45)41-20-12-24-47-48(41)42-18-7-10-23-46(42)51-47/h3-31H,1-2H3. The first-order valence-electron chi connectivity index (χ1n) is 17.7. The summed E-state index contributed by atoms with van der Waals surface area (Å²) in [6.07, 6.45) is 0. The van der Waals surface area contributed by atoms with Crippen LogP contribution in [0.2, 0.25) is 0 Å². The van der Waals surface area contributed by atoms with Crippen LogP contribution in [0.5, 0.6) is 0 Å². The molecule has 0 atom stereocenters. The lowest BCUT2D eigenvalue weighted by molar-refractivity contribution is 0.660. The first-order chi connectivity index (χ1) is 25.1. The Balaban J connectivity index is 1.19. The smallest absolute Gasteiger partial charge is 0.136 e. The molecule has 0 spiro atoms. The molecule has 1 aromatic heterocycles. The van der Waals surface area contributed by atoms with Gasteiger partial charge in [0.25, 0.3) is 0 Å². The molecule has 0 fully saturated rings. The van der Waals surface area contributed by atoms with Crippen LogP contribution < -0.4 is 4.90 Å². The normalized spacial score (nSPS) is 13.1. The van der Waals surface area contributed by atoms with Gasteiger partial charge in [-0.2, -0.15) is 0 Å². The van der Waals surface area contributed by atoms with Crippen LogP contribution in [0.4, 0.5) is 17.1 Å². The summed E-state index contributed by atoms with van der Waals surface area (Å²) >= 11 is 0. The number of para-hydroxylation sites is 2. The summed E-state index contributed by atoms with van der Waals surface area (Å²) in [6, 6.07) is 63.7. The highest BCUT2D eigenvalue weighted by atomic mass is 16.3. The highest BCUT2D eigenvalue weighted by Crippen LogP contribution is 2.51. The van der Waals surface area contributed by atoms with Crippen molar-refractivity contribution in [1.29, 1.82) is 0 Å². The SMILES string of the molecule is CC1(C)c2ccccc2-c2ccc(N(c3ccc(-c4cccc5ccccc45)cc3)c3ccccc3-c3cccc4oc5ccccc5c34)cc21. The van der Waals surface area contributed by atoms with Gasteiger partial charge < -0.3 is 9.32 Å². The number of benzene rings is 8. The van der Waals surface area contributed by atoms with E-state index in [9.17, 15) is 0 Å². The Morgan fingerprint density at radius 1 is 0.431 bits per heavy atom. The van der Waals surface area contributed by atoms with Crippen molar-refractivity contribution in [2.24, 2.45) is 0 Å². The second-order valence-electron chi connectivity index (χ2n) is 14.1. The van der Waals surface area contributed by atoms with Gasteiger partial charge in [-0.05, 0) is 92.2 Å². The minimum Gasteiger partial charge on any atom is -0.456 e. The predicted molar refractivity (Wildman–Crippen MR) is 214 cm³/mol. The van der Waals surface area contributed by atoms with Crippen molar-refractivity contribution in [3.63, 3.8) is 0 Å². The summed E-state index contributed by atoms with van der Waals surface area (Å²) in [5.41, 5.74) is 15.1. The summed E-state index contributed by atoms with van der Waals surface area (Å²) in [6.45, 7) is 4.70. The molecule has 0 N–H and O–H groups in total. The van der Waals surface area contributed by atoms with Crippen molar-refractivity contribution in [3.8, 4) is 33.4 Å². The third-order valence-electron chi connectivity index (χ3n) is 10.9. The zero-order valence-electron chi connectivity index (χ0n) is 28.6. The summed E-state index contributed by atoms with van der Waals surface area (Å²) in [5.74, 6) is 0. The van der Waals surface area contributed by atoms with E-state index in [1.807, 2.05) is 6.07 Å². The van der Waals surface area contributed by atoms with E-state index in [0.29, 0.717) is 0 Å². The average Bonchev–Trinajstić information content (AvgIpc) is 3.67. The molecule has 0 aliphatic heterocycles. The molecule has 0 bridgehead atoms. The van der Waals surface area contributed by atoms with Gasteiger partial charge in [-0.1, -0.05) is 147 Å². The molecule has 0 amide bonds. The molecule has 1 aliphatic rings. The van der Waals surface area contributed by atoms with Crippen LogP contribution in [-0.4, -0.2) is 0 Å². The van der Waals surface area contributed by atoms with E-state index in [1.54, 1.807) is 0 Å². The second-order valence-corrected chi connectivity index (χ2v) is 14.1. The number of hydrogen-bond acceptors (Lipinski definition) is 2. The van der Waals surface area contributed by atoms with Crippen LogP contribution in [0.3, 0.4) is 0 Å². The molecule has 1 aliphatic carbocycles.